The Labute approximate surface area is 176 Å². The minimum Gasteiger partial charge on any atom is -0.374 e. The van der Waals surface area contributed by atoms with E-state index in [2.05, 4.69) is 16.7 Å². The highest BCUT2D eigenvalue weighted by molar-refractivity contribution is 6.41. The molecule has 0 radical (unpaired) electrons. The molecular formula is C23H24ClN3O2. The monoisotopic (exact) mass is 409 g/mol. The number of carbonyl (C=O) groups excluding carboxylic acids is 2. The van der Waals surface area contributed by atoms with Crippen LogP contribution in [0.5, 0.6) is 0 Å². The molecule has 2 aromatic carbocycles. The Balaban J connectivity index is 1.78. The van der Waals surface area contributed by atoms with Gasteiger partial charge in [0.1, 0.15) is 0 Å². The van der Waals surface area contributed by atoms with Crippen molar-refractivity contribution in [2.75, 3.05) is 37.6 Å². The second-order valence-electron chi connectivity index (χ2n) is 7.44. The topological polar surface area (TPSA) is 43.9 Å². The van der Waals surface area contributed by atoms with Gasteiger partial charge in [-0.1, -0.05) is 42.8 Å². The number of hydrogen-bond acceptors (Lipinski definition) is 4. The van der Waals surface area contributed by atoms with Gasteiger partial charge in [-0.05, 0) is 37.2 Å². The molecular weight excluding hydrogens is 386 g/mol. The van der Waals surface area contributed by atoms with Crippen molar-refractivity contribution >= 4 is 34.7 Å². The molecule has 0 atom stereocenters. The fourth-order valence-electron chi connectivity index (χ4n) is 3.91. The van der Waals surface area contributed by atoms with Gasteiger partial charge in [0.05, 0.1) is 11.3 Å². The number of carbonyl (C=O) groups is 2. The molecule has 0 unspecified atom stereocenters. The van der Waals surface area contributed by atoms with Crippen molar-refractivity contribution in [1.82, 2.24) is 9.80 Å². The average Bonchev–Trinajstić information content (AvgIpc) is 2.74. The van der Waals surface area contributed by atoms with E-state index in [0.29, 0.717) is 27.4 Å². The number of hydrogen-bond donors (Lipinski definition) is 0. The van der Waals surface area contributed by atoms with E-state index in [0.717, 1.165) is 38.3 Å². The normalized spacial score (nSPS) is 19.1. The van der Waals surface area contributed by atoms with Crippen molar-refractivity contribution in [3.63, 3.8) is 0 Å². The number of piperazine rings is 1. The third-order valence-electron chi connectivity index (χ3n) is 5.66. The number of halogens is 1. The molecule has 2 aliphatic rings. The molecule has 29 heavy (non-hydrogen) atoms. The smallest absolute Gasteiger partial charge is 0.267 e. The first-order valence-corrected chi connectivity index (χ1v) is 10.3. The molecule has 4 rings (SSSR count). The molecule has 0 spiro atoms. The van der Waals surface area contributed by atoms with Crippen LogP contribution in [0.4, 0.5) is 5.69 Å². The van der Waals surface area contributed by atoms with E-state index in [1.165, 1.54) is 4.90 Å². The summed E-state index contributed by atoms with van der Waals surface area (Å²) >= 11 is 6.17. The fourth-order valence-corrected chi connectivity index (χ4v) is 4.08. The number of nitrogens with zero attached hydrogens (tertiary/aromatic N) is 3. The lowest BCUT2D eigenvalue weighted by molar-refractivity contribution is -0.112. The Morgan fingerprint density at radius 2 is 1.66 bits per heavy atom. The van der Waals surface area contributed by atoms with Crippen molar-refractivity contribution in [3.8, 4) is 0 Å². The summed E-state index contributed by atoms with van der Waals surface area (Å²) in [5.41, 5.74) is 3.13. The third kappa shape index (κ3) is 3.68. The number of amides is 2. The van der Waals surface area contributed by atoms with Crippen LogP contribution >= 0.6 is 11.6 Å². The van der Waals surface area contributed by atoms with E-state index in [9.17, 15) is 9.59 Å². The Kier molecular flexibility index (Phi) is 5.43. The summed E-state index contributed by atoms with van der Waals surface area (Å²) in [5, 5.41) is 0.492. The van der Waals surface area contributed by atoms with Crippen molar-refractivity contribution in [1.29, 1.82) is 0 Å². The molecule has 1 saturated heterocycles. The van der Waals surface area contributed by atoms with Gasteiger partial charge in [-0.3, -0.25) is 9.59 Å². The summed E-state index contributed by atoms with van der Waals surface area (Å²) in [6.07, 6.45) is 1.92. The Morgan fingerprint density at radius 1 is 0.966 bits per heavy atom. The van der Waals surface area contributed by atoms with Crippen LogP contribution < -0.4 is 4.90 Å². The highest BCUT2D eigenvalue weighted by Crippen LogP contribution is 2.35. The maximum atomic E-state index is 13.5. The lowest BCUT2D eigenvalue weighted by Crippen LogP contribution is -2.45. The Morgan fingerprint density at radius 3 is 2.34 bits per heavy atom. The molecule has 0 aromatic heterocycles. The molecule has 0 bridgehead atoms. The zero-order valence-corrected chi connectivity index (χ0v) is 17.4. The lowest BCUT2D eigenvalue weighted by atomic mass is 9.93. The first-order chi connectivity index (χ1) is 14.0. The molecule has 2 aromatic rings. The van der Waals surface area contributed by atoms with Gasteiger partial charge in [0.15, 0.2) is 0 Å². The van der Waals surface area contributed by atoms with Crippen molar-refractivity contribution < 1.29 is 9.59 Å². The molecule has 6 heteroatoms. The molecule has 2 amide bonds. The first-order valence-electron chi connectivity index (χ1n) is 9.92. The van der Waals surface area contributed by atoms with E-state index >= 15 is 0 Å². The van der Waals surface area contributed by atoms with Crippen LogP contribution in [0, 0.1) is 6.92 Å². The number of benzene rings is 2. The van der Waals surface area contributed by atoms with Crippen LogP contribution in [0.2, 0.25) is 5.02 Å². The summed E-state index contributed by atoms with van der Waals surface area (Å²) in [6.45, 7) is 8.71. The number of anilines is 1. The standard InChI is InChI=1S/C23H24ClN3O2/c1-3-25-10-12-26(13-11-25)15-20-18-6-4-5-7-19(18)22(28)27(23(20)29)21-14-17(24)9-8-16(21)2/h4-9,14-15H,3,10-13H2,1-2H3. The second-order valence-corrected chi connectivity index (χ2v) is 7.87. The van der Waals surface area contributed by atoms with E-state index in [1.54, 1.807) is 18.2 Å². The van der Waals surface area contributed by atoms with E-state index < -0.39 is 0 Å². The van der Waals surface area contributed by atoms with Crippen LogP contribution in [-0.2, 0) is 4.79 Å². The van der Waals surface area contributed by atoms with Gasteiger partial charge in [0, 0.05) is 48.5 Å². The molecule has 150 valence electrons. The molecule has 0 N–H and O–H groups in total. The minimum atomic E-state index is -0.316. The van der Waals surface area contributed by atoms with Gasteiger partial charge in [0.25, 0.3) is 11.8 Å². The zero-order valence-electron chi connectivity index (χ0n) is 16.7. The van der Waals surface area contributed by atoms with Crippen molar-refractivity contribution in [2.45, 2.75) is 13.8 Å². The van der Waals surface area contributed by atoms with Crippen LogP contribution in [0.15, 0.2) is 48.7 Å². The van der Waals surface area contributed by atoms with Crippen LogP contribution in [0.1, 0.15) is 28.4 Å². The first kappa shape index (κ1) is 19.7. The predicted octanol–water partition coefficient (Wildman–Crippen LogP) is 3.81. The van der Waals surface area contributed by atoms with E-state index in [1.807, 2.05) is 37.4 Å². The van der Waals surface area contributed by atoms with Gasteiger partial charge in [-0.15, -0.1) is 0 Å². The fraction of sp³-hybridized carbons (Fsp3) is 0.304. The summed E-state index contributed by atoms with van der Waals surface area (Å²) in [5.74, 6) is -0.624. The SMILES string of the molecule is CCN1CCN(C=C2C(=O)N(c3cc(Cl)ccc3C)C(=O)c3ccccc32)CC1. The quantitative estimate of drug-likeness (QED) is 0.571. The molecule has 0 saturated carbocycles. The predicted molar refractivity (Wildman–Crippen MR) is 116 cm³/mol. The Hall–Kier alpha value is -2.63. The van der Waals surface area contributed by atoms with Gasteiger partial charge in [0.2, 0.25) is 0 Å². The maximum absolute atomic E-state index is 13.5. The maximum Gasteiger partial charge on any atom is 0.267 e. The highest BCUT2D eigenvalue weighted by atomic mass is 35.5. The summed E-state index contributed by atoms with van der Waals surface area (Å²) in [7, 11) is 0. The van der Waals surface area contributed by atoms with Gasteiger partial charge in [-0.2, -0.15) is 0 Å². The number of imide groups is 1. The van der Waals surface area contributed by atoms with E-state index in [4.69, 9.17) is 11.6 Å². The molecule has 2 heterocycles. The third-order valence-corrected chi connectivity index (χ3v) is 5.90. The van der Waals surface area contributed by atoms with Gasteiger partial charge < -0.3 is 9.80 Å². The lowest BCUT2D eigenvalue weighted by Gasteiger charge is -2.35. The average molecular weight is 410 g/mol. The van der Waals surface area contributed by atoms with Gasteiger partial charge in [-0.25, -0.2) is 4.90 Å². The largest absolute Gasteiger partial charge is 0.374 e. The highest BCUT2D eigenvalue weighted by Gasteiger charge is 2.37. The van der Waals surface area contributed by atoms with Gasteiger partial charge >= 0.3 is 0 Å². The minimum absolute atomic E-state index is 0.308. The van der Waals surface area contributed by atoms with Crippen LogP contribution in [0.25, 0.3) is 5.57 Å². The molecule has 1 fully saturated rings. The number of fused-ring (bicyclic) bond motifs is 1. The van der Waals surface area contributed by atoms with Crippen LogP contribution in [-0.4, -0.2) is 54.3 Å². The summed E-state index contributed by atoms with van der Waals surface area (Å²) in [6, 6.07) is 12.6. The zero-order chi connectivity index (χ0) is 20.5. The molecule has 0 aliphatic carbocycles. The summed E-state index contributed by atoms with van der Waals surface area (Å²) in [4.78, 5) is 32.6. The van der Waals surface area contributed by atoms with Crippen molar-refractivity contribution in [3.05, 3.63) is 70.4 Å². The Bertz CT molecular complexity index is 993. The molecule has 2 aliphatic heterocycles. The molecule has 5 nitrogen and oxygen atoms in total. The van der Waals surface area contributed by atoms with Crippen molar-refractivity contribution in [2.24, 2.45) is 0 Å². The van der Waals surface area contributed by atoms with E-state index in [-0.39, 0.29) is 11.8 Å². The van der Waals surface area contributed by atoms with Crippen LogP contribution in [0.3, 0.4) is 0 Å². The number of likely N-dealkylation sites (N-methyl/N-ethyl adjacent to an activating group) is 1. The summed E-state index contributed by atoms with van der Waals surface area (Å²) < 4.78 is 0. The number of aryl methyl sites for hydroxylation is 1. The number of rotatable bonds is 3. The second kappa shape index (κ2) is 8.01.